The van der Waals surface area contributed by atoms with E-state index in [9.17, 15) is 9.59 Å². The molecule has 0 saturated carbocycles. The Morgan fingerprint density at radius 3 is 2.50 bits per heavy atom. The average Bonchev–Trinajstić information content (AvgIpc) is 2.51. The summed E-state index contributed by atoms with van der Waals surface area (Å²) < 4.78 is 1.58. The smallest absolute Gasteiger partial charge is 0.335 e. The minimum atomic E-state index is -0.968. The Bertz CT molecular complexity index is 911. The Morgan fingerprint density at radius 1 is 1.09 bits per heavy atom. The van der Waals surface area contributed by atoms with Gasteiger partial charge in [-0.2, -0.15) is 0 Å². The van der Waals surface area contributed by atoms with E-state index in [1.807, 2.05) is 12.1 Å². The largest absolute Gasteiger partial charge is 0.478 e. The number of nitrogens with zero attached hydrogens (tertiary/aromatic N) is 1. The van der Waals surface area contributed by atoms with Gasteiger partial charge in [0.1, 0.15) is 0 Å². The molecule has 0 bridgehead atoms. The van der Waals surface area contributed by atoms with Gasteiger partial charge in [0.05, 0.1) is 12.1 Å². The van der Waals surface area contributed by atoms with Crippen LogP contribution in [0.1, 0.15) is 15.9 Å². The fourth-order valence-electron chi connectivity index (χ4n) is 2.37. The molecule has 110 valence electrons. The van der Waals surface area contributed by atoms with Gasteiger partial charge in [-0.25, -0.2) is 4.79 Å². The second kappa shape index (κ2) is 5.37. The number of nitrogen functional groups attached to an aromatic ring is 1. The number of pyridine rings is 1. The molecule has 3 rings (SSSR count). The lowest BCUT2D eigenvalue weighted by molar-refractivity contribution is 0.0697. The molecule has 0 radical (unpaired) electrons. The lowest BCUT2D eigenvalue weighted by Crippen LogP contribution is -2.20. The second-order valence-corrected chi connectivity index (χ2v) is 5.10. The normalized spacial score (nSPS) is 10.7. The van der Waals surface area contributed by atoms with Crippen LogP contribution in [0, 0.1) is 0 Å². The summed E-state index contributed by atoms with van der Waals surface area (Å²) in [5, 5.41) is 10.3. The molecule has 1 heterocycles. The molecule has 0 atom stereocenters. The number of hydrogen-bond donors (Lipinski definition) is 2. The van der Waals surface area contributed by atoms with Gasteiger partial charge in [0, 0.05) is 17.3 Å². The van der Waals surface area contributed by atoms with Crippen LogP contribution in [0.25, 0.3) is 10.8 Å². The number of aromatic nitrogens is 1. The molecule has 2 aromatic carbocycles. The molecule has 0 saturated heterocycles. The third kappa shape index (κ3) is 2.56. The van der Waals surface area contributed by atoms with Crippen molar-refractivity contribution in [1.82, 2.24) is 4.57 Å². The number of benzene rings is 2. The van der Waals surface area contributed by atoms with Crippen LogP contribution in [0.3, 0.4) is 0 Å². The van der Waals surface area contributed by atoms with Crippen molar-refractivity contribution in [2.45, 2.75) is 6.54 Å². The first-order chi connectivity index (χ1) is 10.5. The number of nitrogens with two attached hydrogens (primary N) is 1. The molecular formula is C17H14N2O3. The standard InChI is InChI=1S/C17H14N2O3/c18-14-6-5-12-7-8-19(16(20)15(12)9-14)10-11-1-3-13(4-2-11)17(21)22/h1-9H,10,18H2,(H,21,22). The molecule has 3 aromatic rings. The summed E-state index contributed by atoms with van der Waals surface area (Å²) in [4.78, 5) is 23.3. The highest BCUT2D eigenvalue weighted by molar-refractivity contribution is 5.87. The van der Waals surface area contributed by atoms with Crippen molar-refractivity contribution in [3.63, 3.8) is 0 Å². The fraction of sp³-hybridized carbons (Fsp3) is 0.0588. The number of carbonyl (C=O) groups is 1. The maximum absolute atomic E-state index is 12.5. The minimum Gasteiger partial charge on any atom is -0.478 e. The van der Waals surface area contributed by atoms with Gasteiger partial charge in [0.15, 0.2) is 0 Å². The Labute approximate surface area is 126 Å². The number of rotatable bonds is 3. The molecule has 22 heavy (non-hydrogen) atoms. The molecule has 5 heteroatoms. The van der Waals surface area contributed by atoms with Crippen molar-refractivity contribution < 1.29 is 9.90 Å². The molecule has 0 unspecified atom stereocenters. The fourth-order valence-corrected chi connectivity index (χ4v) is 2.37. The zero-order valence-corrected chi connectivity index (χ0v) is 11.7. The predicted octanol–water partition coefficient (Wildman–Crippen LogP) is 2.33. The summed E-state index contributed by atoms with van der Waals surface area (Å²) >= 11 is 0. The van der Waals surface area contributed by atoms with Gasteiger partial charge in [-0.3, -0.25) is 4.79 Å². The molecule has 0 aliphatic rings. The first-order valence-electron chi connectivity index (χ1n) is 6.75. The Hall–Kier alpha value is -3.08. The van der Waals surface area contributed by atoms with Gasteiger partial charge < -0.3 is 15.4 Å². The summed E-state index contributed by atoms with van der Waals surface area (Å²) in [5.41, 5.74) is 7.25. The lowest BCUT2D eigenvalue weighted by Gasteiger charge is -2.08. The third-order valence-corrected chi connectivity index (χ3v) is 3.56. The molecule has 0 spiro atoms. The maximum Gasteiger partial charge on any atom is 0.335 e. The highest BCUT2D eigenvalue weighted by Gasteiger charge is 2.05. The van der Waals surface area contributed by atoms with Crippen molar-refractivity contribution in [1.29, 1.82) is 0 Å². The van der Waals surface area contributed by atoms with Gasteiger partial charge in [-0.05, 0) is 41.3 Å². The third-order valence-electron chi connectivity index (χ3n) is 3.56. The molecule has 0 aliphatic heterocycles. The topological polar surface area (TPSA) is 85.3 Å². The second-order valence-electron chi connectivity index (χ2n) is 5.10. The van der Waals surface area contributed by atoms with E-state index in [4.69, 9.17) is 10.8 Å². The van der Waals surface area contributed by atoms with E-state index < -0.39 is 5.97 Å². The van der Waals surface area contributed by atoms with Gasteiger partial charge in [-0.1, -0.05) is 18.2 Å². The molecule has 0 fully saturated rings. The molecule has 0 amide bonds. The highest BCUT2D eigenvalue weighted by atomic mass is 16.4. The minimum absolute atomic E-state index is 0.118. The first kappa shape index (κ1) is 13.9. The quantitative estimate of drug-likeness (QED) is 0.726. The van der Waals surface area contributed by atoms with E-state index in [-0.39, 0.29) is 11.1 Å². The summed E-state index contributed by atoms with van der Waals surface area (Å²) in [6.07, 6.45) is 1.73. The van der Waals surface area contributed by atoms with Crippen LogP contribution in [0.5, 0.6) is 0 Å². The summed E-state index contributed by atoms with van der Waals surface area (Å²) in [5.74, 6) is -0.968. The van der Waals surface area contributed by atoms with Gasteiger partial charge in [0.2, 0.25) is 0 Å². The molecule has 1 aromatic heterocycles. The Morgan fingerprint density at radius 2 is 1.82 bits per heavy atom. The zero-order valence-electron chi connectivity index (χ0n) is 11.7. The predicted molar refractivity (Wildman–Crippen MR) is 85.1 cm³/mol. The zero-order chi connectivity index (χ0) is 15.7. The number of carboxylic acid groups (broad SMARTS) is 1. The molecule has 5 nitrogen and oxygen atoms in total. The average molecular weight is 294 g/mol. The van der Waals surface area contributed by atoms with Crippen LogP contribution in [0.2, 0.25) is 0 Å². The number of carboxylic acids is 1. The lowest BCUT2D eigenvalue weighted by atomic mass is 10.1. The van der Waals surface area contributed by atoms with Crippen LogP contribution in [0.15, 0.2) is 59.5 Å². The van der Waals surface area contributed by atoms with E-state index in [0.29, 0.717) is 17.6 Å². The summed E-state index contributed by atoms with van der Waals surface area (Å²) in [7, 11) is 0. The van der Waals surface area contributed by atoms with Crippen molar-refractivity contribution >= 4 is 22.4 Å². The van der Waals surface area contributed by atoms with E-state index in [1.54, 1.807) is 35.0 Å². The van der Waals surface area contributed by atoms with Crippen LogP contribution in [-0.2, 0) is 6.54 Å². The van der Waals surface area contributed by atoms with Crippen molar-refractivity contribution in [2.24, 2.45) is 0 Å². The summed E-state index contributed by atoms with van der Waals surface area (Å²) in [6.45, 7) is 0.378. The number of anilines is 1. The number of aromatic carboxylic acids is 1. The molecule has 0 aliphatic carbocycles. The van der Waals surface area contributed by atoms with Gasteiger partial charge in [-0.15, -0.1) is 0 Å². The highest BCUT2D eigenvalue weighted by Crippen LogP contribution is 2.14. The SMILES string of the molecule is Nc1ccc2ccn(Cc3ccc(C(=O)O)cc3)c(=O)c2c1. The van der Waals surface area contributed by atoms with Gasteiger partial charge in [0.25, 0.3) is 5.56 Å². The van der Waals surface area contributed by atoms with E-state index >= 15 is 0 Å². The van der Waals surface area contributed by atoms with E-state index in [1.165, 1.54) is 12.1 Å². The molecule has 3 N–H and O–H groups in total. The van der Waals surface area contributed by atoms with Crippen molar-refractivity contribution in [2.75, 3.05) is 5.73 Å². The van der Waals surface area contributed by atoms with Gasteiger partial charge >= 0.3 is 5.97 Å². The van der Waals surface area contributed by atoms with Crippen LogP contribution in [-0.4, -0.2) is 15.6 Å². The van der Waals surface area contributed by atoms with E-state index in [2.05, 4.69) is 0 Å². The van der Waals surface area contributed by atoms with Crippen molar-refractivity contribution in [3.05, 3.63) is 76.2 Å². The number of fused-ring (bicyclic) bond motifs is 1. The maximum atomic E-state index is 12.5. The molecular weight excluding hydrogens is 280 g/mol. The van der Waals surface area contributed by atoms with Crippen molar-refractivity contribution in [3.8, 4) is 0 Å². The van der Waals surface area contributed by atoms with Crippen LogP contribution < -0.4 is 11.3 Å². The first-order valence-corrected chi connectivity index (χ1v) is 6.75. The Kier molecular flexibility index (Phi) is 3.39. The van der Waals surface area contributed by atoms with Crippen LogP contribution in [0.4, 0.5) is 5.69 Å². The van der Waals surface area contributed by atoms with E-state index in [0.717, 1.165) is 10.9 Å². The van der Waals surface area contributed by atoms with Crippen LogP contribution >= 0.6 is 0 Å². The summed E-state index contributed by atoms with van der Waals surface area (Å²) in [6, 6.07) is 13.6. The monoisotopic (exact) mass is 294 g/mol. The number of hydrogen-bond acceptors (Lipinski definition) is 3. The Balaban J connectivity index is 1.98.